The molecule has 0 spiro atoms. The van der Waals surface area contributed by atoms with Crippen LogP contribution in [0.1, 0.15) is 18.5 Å². The monoisotopic (exact) mass is 365 g/mol. The summed E-state index contributed by atoms with van der Waals surface area (Å²) in [5, 5.41) is 13.5. The van der Waals surface area contributed by atoms with Gasteiger partial charge in [0.1, 0.15) is 0 Å². The van der Waals surface area contributed by atoms with Gasteiger partial charge < -0.3 is 19.9 Å². The highest BCUT2D eigenvalue weighted by molar-refractivity contribution is 5.94. The number of phenols is 1. The number of carbonyl (C=O) groups excluding carboxylic acids is 1. The fraction of sp³-hybridized carbons (Fsp3) is 0.200. The largest absolute Gasteiger partial charge is 0.504 e. The van der Waals surface area contributed by atoms with Gasteiger partial charge in [-0.2, -0.15) is 0 Å². The van der Waals surface area contributed by atoms with E-state index in [1.54, 1.807) is 12.1 Å². The number of nitrogens with zero attached hydrogens (tertiary/aromatic N) is 2. The summed E-state index contributed by atoms with van der Waals surface area (Å²) >= 11 is 0. The van der Waals surface area contributed by atoms with Crippen LogP contribution in [0, 0.1) is 0 Å². The Labute approximate surface area is 155 Å². The first kappa shape index (κ1) is 17.0. The molecule has 1 atom stereocenters. The summed E-state index contributed by atoms with van der Waals surface area (Å²) in [5.74, 6) is 0.551. The lowest BCUT2D eigenvalue weighted by Gasteiger charge is -2.30. The molecule has 2 heterocycles. The summed E-state index contributed by atoms with van der Waals surface area (Å²) in [5.41, 5.74) is 3.51. The number of aromatic hydroxyl groups is 1. The molecule has 4 rings (SSSR count). The molecule has 0 bridgehead atoms. The summed E-state index contributed by atoms with van der Waals surface area (Å²) < 4.78 is 12.1. The van der Waals surface area contributed by atoms with Crippen molar-refractivity contribution < 1.29 is 19.4 Å². The lowest BCUT2D eigenvalue weighted by molar-refractivity contribution is -0.136. The normalized spacial score (nSPS) is 16.0. The number of fused-ring (bicyclic) bond motifs is 3. The van der Waals surface area contributed by atoms with Crippen LogP contribution < -0.4 is 10.1 Å². The average molecular weight is 365 g/mol. The second-order valence-electron chi connectivity index (χ2n) is 6.28. The molecule has 0 amide bonds. The summed E-state index contributed by atoms with van der Waals surface area (Å²) in [4.78, 5) is 17.2. The number of allylic oxidation sites excluding steroid dienone is 1. The number of esters is 1. The average Bonchev–Trinajstić information content (AvgIpc) is 3.04. The van der Waals surface area contributed by atoms with Gasteiger partial charge in [0.2, 0.25) is 5.95 Å². The Bertz CT molecular complexity index is 1080. The van der Waals surface area contributed by atoms with E-state index in [2.05, 4.69) is 10.3 Å². The fourth-order valence-electron chi connectivity index (χ4n) is 3.53. The highest BCUT2D eigenvalue weighted by Crippen LogP contribution is 2.41. The van der Waals surface area contributed by atoms with Gasteiger partial charge >= 0.3 is 5.97 Å². The Balaban J connectivity index is 2.00. The summed E-state index contributed by atoms with van der Waals surface area (Å²) in [6.45, 7) is 1.81. The minimum Gasteiger partial charge on any atom is -0.504 e. The molecule has 0 radical (unpaired) electrons. The number of ether oxygens (including phenoxy) is 2. The number of anilines is 1. The van der Waals surface area contributed by atoms with Gasteiger partial charge in [-0.1, -0.05) is 18.2 Å². The number of imidazole rings is 1. The smallest absolute Gasteiger partial charge is 0.337 e. The molecule has 1 aliphatic heterocycles. The zero-order valence-corrected chi connectivity index (χ0v) is 15.2. The van der Waals surface area contributed by atoms with Crippen molar-refractivity contribution in [3.8, 4) is 11.5 Å². The molecule has 0 saturated carbocycles. The predicted molar refractivity (Wildman–Crippen MR) is 101 cm³/mol. The van der Waals surface area contributed by atoms with Gasteiger partial charge in [-0.05, 0) is 36.8 Å². The van der Waals surface area contributed by atoms with Gasteiger partial charge in [0.15, 0.2) is 11.5 Å². The van der Waals surface area contributed by atoms with Gasteiger partial charge in [-0.25, -0.2) is 9.78 Å². The zero-order valence-electron chi connectivity index (χ0n) is 15.2. The molecule has 0 unspecified atom stereocenters. The Morgan fingerprint density at radius 2 is 2.00 bits per heavy atom. The topological polar surface area (TPSA) is 85.6 Å². The molecular formula is C20H19N3O4. The number of hydrogen-bond donors (Lipinski definition) is 2. The lowest BCUT2D eigenvalue weighted by atomic mass is 9.94. The third-order valence-corrected chi connectivity index (χ3v) is 4.75. The van der Waals surface area contributed by atoms with Crippen molar-refractivity contribution in [1.82, 2.24) is 9.55 Å². The Hall–Kier alpha value is -3.48. The van der Waals surface area contributed by atoms with E-state index >= 15 is 0 Å². The number of para-hydroxylation sites is 2. The van der Waals surface area contributed by atoms with Crippen molar-refractivity contribution in [2.45, 2.75) is 13.0 Å². The van der Waals surface area contributed by atoms with Crippen LogP contribution in [0.3, 0.4) is 0 Å². The lowest BCUT2D eigenvalue weighted by Crippen LogP contribution is -2.28. The minimum atomic E-state index is -0.502. The van der Waals surface area contributed by atoms with E-state index in [4.69, 9.17) is 9.47 Å². The number of carbonyl (C=O) groups is 1. The number of hydrogen-bond acceptors (Lipinski definition) is 6. The molecule has 0 saturated heterocycles. The molecule has 0 fully saturated rings. The van der Waals surface area contributed by atoms with Crippen LogP contribution in [0.5, 0.6) is 11.5 Å². The van der Waals surface area contributed by atoms with Gasteiger partial charge in [0.05, 0.1) is 36.9 Å². The maximum absolute atomic E-state index is 12.6. The molecule has 1 aromatic heterocycles. The van der Waals surface area contributed by atoms with Gasteiger partial charge in [-0.3, -0.25) is 4.57 Å². The second kappa shape index (κ2) is 6.35. The fourth-order valence-corrected chi connectivity index (χ4v) is 3.53. The van der Waals surface area contributed by atoms with Crippen LogP contribution >= 0.6 is 0 Å². The van der Waals surface area contributed by atoms with Gasteiger partial charge in [0, 0.05) is 5.70 Å². The third-order valence-electron chi connectivity index (χ3n) is 4.75. The SMILES string of the molecule is COC(=O)C1=C(C)Nc2nc3ccccc3n2[C@@H]1c1ccc(OC)c(O)c1. The molecule has 1 aliphatic rings. The van der Waals surface area contributed by atoms with Crippen LogP contribution in [-0.2, 0) is 9.53 Å². The maximum atomic E-state index is 12.6. The number of phenolic OH excluding ortho intramolecular Hbond substituents is 1. The quantitative estimate of drug-likeness (QED) is 0.693. The minimum absolute atomic E-state index is 0.00127. The first-order chi connectivity index (χ1) is 13.0. The van der Waals surface area contributed by atoms with E-state index in [-0.39, 0.29) is 5.75 Å². The zero-order chi connectivity index (χ0) is 19.1. The van der Waals surface area contributed by atoms with E-state index in [0.29, 0.717) is 23.0 Å². The number of benzene rings is 2. The van der Waals surface area contributed by atoms with Crippen LogP contribution in [-0.4, -0.2) is 34.8 Å². The Morgan fingerprint density at radius 3 is 2.70 bits per heavy atom. The predicted octanol–water partition coefficient (Wildman–Crippen LogP) is 3.21. The molecule has 7 nitrogen and oxygen atoms in total. The molecule has 27 heavy (non-hydrogen) atoms. The van der Waals surface area contributed by atoms with Crippen LogP contribution in [0.4, 0.5) is 5.95 Å². The van der Waals surface area contributed by atoms with E-state index < -0.39 is 12.0 Å². The molecule has 3 aromatic rings. The highest BCUT2D eigenvalue weighted by atomic mass is 16.5. The summed E-state index contributed by atoms with van der Waals surface area (Å²) in [6, 6.07) is 12.3. The summed E-state index contributed by atoms with van der Waals surface area (Å²) in [7, 11) is 2.84. The van der Waals surface area contributed by atoms with Crippen molar-refractivity contribution in [2.75, 3.05) is 19.5 Å². The van der Waals surface area contributed by atoms with Crippen molar-refractivity contribution in [1.29, 1.82) is 0 Å². The molecule has 138 valence electrons. The van der Waals surface area contributed by atoms with Crippen molar-refractivity contribution in [3.05, 3.63) is 59.3 Å². The van der Waals surface area contributed by atoms with Gasteiger partial charge in [-0.15, -0.1) is 0 Å². The first-order valence-corrected chi connectivity index (χ1v) is 8.45. The van der Waals surface area contributed by atoms with Crippen LogP contribution in [0.25, 0.3) is 11.0 Å². The van der Waals surface area contributed by atoms with E-state index in [0.717, 1.165) is 16.6 Å². The van der Waals surface area contributed by atoms with Crippen molar-refractivity contribution >= 4 is 23.0 Å². The van der Waals surface area contributed by atoms with Crippen molar-refractivity contribution in [3.63, 3.8) is 0 Å². The van der Waals surface area contributed by atoms with E-state index in [1.165, 1.54) is 14.2 Å². The Morgan fingerprint density at radius 1 is 1.22 bits per heavy atom. The van der Waals surface area contributed by atoms with Crippen LogP contribution in [0.15, 0.2) is 53.7 Å². The van der Waals surface area contributed by atoms with E-state index in [9.17, 15) is 9.90 Å². The molecule has 0 aliphatic carbocycles. The molecule has 2 aromatic carbocycles. The number of nitrogens with one attached hydrogen (secondary N) is 1. The first-order valence-electron chi connectivity index (χ1n) is 8.45. The molecule has 2 N–H and O–H groups in total. The molecular weight excluding hydrogens is 346 g/mol. The van der Waals surface area contributed by atoms with E-state index in [1.807, 2.05) is 41.8 Å². The highest BCUT2D eigenvalue weighted by Gasteiger charge is 2.35. The van der Waals surface area contributed by atoms with Gasteiger partial charge in [0.25, 0.3) is 0 Å². The number of rotatable bonds is 3. The van der Waals surface area contributed by atoms with Crippen molar-refractivity contribution in [2.24, 2.45) is 0 Å². The summed E-state index contributed by atoms with van der Waals surface area (Å²) in [6.07, 6.45) is 0. The Kier molecular flexibility index (Phi) is 3.99. The third kappa shape index (κ3) is 2.59. The second-order valence-corrected chi connectivity index (χ2v) is 6.28. The standard InChI is InChI=1S/C20H19N3O4/c1-11-17(19(25)27-3)18(12-8-9-16(26-2)15(24)10-12)23-14-7-5-4-6-13(14)22-20(23)21-11/h4-10,18,24H,1-3H3,(H,21,22)/t18-/m1/s1. The van der Waals surface area contributed by atoms with Crippen LogP contribution in [0.2, 0.25) is 0 Å². The number of aromatic nitrogens is 2. The molecule has 7 heteroatoms. The number of methoxy groups -OCH3 is 2. The maximum Gasteiger partial charge on any atom is 0.337 e.